The van der Waals surface area contributed by atoms with Crippen LogP contribution in [0.5, 0.6) is 0 Å². The van der Waals surface area contributed by atoms with Crippen molar-refractivity contribution in [2.24, 2.45) is 0 Å². The number of hydrogen-bond acceptors (Lipinski definition) is 5. The van der Waals surface area contributed by atoms with Crippen LogP contribution in [0.1, 0.15) is 5.56 Å². The summed E-state index contributed by atoms with van der Waals surface area (Å²) in [6, 6.07) is 8.86. The Labute approximate surface area is 181 Å². The van der Waals surface area contributed by atoms with Gasteiger partial charge >= 0.3 is 0 Å². The average Bonchev–Trinajstić information content (AvgIpc) is 3.14. The first-order chi connectivity index (χ1) is 13.5. The smallest absolute Gasteiger partial charge is 0.271 e. The van der Waals surface area contributed by atoms with Gasteiger partial charge in [-0.2, -0.15) is 0 Å². The lowest BCUT2D eigenvalue weighted by Crippen LogP contribution is -2.18. The van der Waals surface area contributed by atoms with Crippen molar-refractivity contribution in [2.45, 2.75) is 16.0 Å². The van der Waals surface area contributed by atoms with E-state index in [-0.39, 0.29) is 25.6 Å². The number of thiophene rings is 1. The zero-order valence-electron chi connectivity index (χ0n) is 14.6. The minimum Gasteiger partial charge on any atom is -0.277 e. The minimum absolute atomic E-state index is 0.00000989. The van der Waals surface area contributed by atoms with Crippen LogP contribution in [0.25, 0.3) is 0 Å². The number of halogens is 3. The van der Waals surface area contributed by atoms with Crippen molar-refractivity contribution in [3.63, 3.8) is 0 Å². The summed E-state index contributed by atoms with van der Waals surface area (Å²) in [5.74, 6) is -0.946. The van der Waals surface area contributed by atoms with Crippen molar-refractivity contribution in [3.8, 4) is 0 Å². The maximum Gasteiger partial charge on any atom is 0.271 e. The fraction of sp³-hybridized carbons (Fsp3) is 0.0588. The first kappa shape index (κ1) is 21.8. The molecule has 29 heavy (non-hydrogen) atoms. The van der Waals surface area contributed by atoms with Crippen LogP contribution in [0.15, 0.2) is 56.9 Å². The fourth-order valence-electron chi connectivity index (χ4n) is 2.35. The molecule has 2 aromatic carbocycles. The molecule has 0 radical (unpaired) electrons. The number of aryl methyl sites for hydroxylation is 1. The Morgan fingerprint density at radius 3 is 2.00 bits per heavy atom. The molecule has 3 aromatic rings. The van der Waals surface area contributed by atoms with Gasteiger partial charge in [-0.15, -0.1) is 11.3 Å². The second-order valence-electron chi connectivity index (χ2n) is 5.89. The highest BCUT2D eigenvalue weighted by Gasteiger charge is 2.24. The molecule has 0 aliphatic heterocycles. The first-order valence-corrected chi connectivity index (χ1v) is 12.4. The van der Waals surface area contributed by atoms with Gasteiger partial charge in [-0.05, 0) is 48.2 Å². The number of nitrogens with one attached hydrogen (secondary N) is 2. The van der Waals surface area contributed by atoms with Gasteiger partial charge in [0.2, 0.25) is 0 Å². The molecule has 3 rings (SSSR count). The fourth-order valence-corrected chi connectivity index (χ4v) is 5.87. The maximum atomic E-state index is 14.2. The lowest BCUT2D eigenvalue weighted by Gasteiger charge is -2.16. The van der Waals surface area contributed by atoms with Crippen LogP contribution in [0, 0.1) is 12.7 Å². The molecule has 1 aromatic heterocycles. The molecule has 0 fully saturated rings. The van der Waals surface area contributed by atoms with E-state index < -0.39 is 30.8 Å². The monoisotopic (exact) mass is 494 g/mol. The predicted octanol–water partition coefficient (Wildman–Crippen LogP) is 5.10. The van der Waals surface area contributed by atoms with Gasteiger partial charge in [0.05, 0.1) is 21.4 Å². The summed E-state index contributed by atoms with van der Waals surface area (Å²) in [6.07, 6.45) is 0. The van der Waals surface area contributed by atoms with Gasteiger partial charge in [-0.1, -0.05) is 35.3 Å². The molecule has 0 saturated heterocycles. The third kappa shape index (κ3) is 4.84. The summed E-state index contributed by atoms with van der Waals surface area (Å²) in [4.78, 5) is -0.596. The van der Waals surface area contributed by atoms with Gasteiger partial charge in [0.25, 0.3) is 20.0 Å². The first-order valence-electron chi connectivity index (χ1n) is 7.84. The normalized spacial score (nSPS) is 12.0. The van der Waals surface area contributed by atoms with E-state index >= 15 is 0 Å². The van der Waals surface area contributed by atoms with E-state index in [2.05, 4.69) is 9.44 Å². The van der Waals surface area contributed by atoms with Crippen LogP contribution in [0.4, 0.5) is 15.8 Å². The molecule has 1 heterocycles. The van der Waals surface area contributed by atoms with Crippen molar-refractivity contribution < 1.29 is 21.2 Å². The van der Waals surface area contributed by atoms with Crippen LogP contribution in [0.3, 0.4) is 0 Å². The van der Waals surface area contributed by atoms with Crippen molar-refractivity contribution in [3.05, 3.63) is 69.3 Å². The molecule has 6 nitrogen and oxygen atoms in total. The van der Waals surface area contributed by atoms with Gasteiger partial charge in [0, 0.05) is 0 Å². The largest absolute Gasteiger partial charge is 0.277 e. The van der Waals surface area contributed by atoms with E-state index in [4.69, 9.17) is 23.2 Å². The van der Waals surface area contributed by atoms with Gasteiger partial charge in [-0.3, -0.25) is 9.44 Å². The van der Waals surface area contributed by atoms with E-state index in [9.17, 15) is 21.2 Å². The molecule has 0 aliphatic carbocycles. The summed E-state index contributed by atoms with van der Waals surface area (Å²) in [5.41, 5.74) is 0.170. The molecule has 154 valence electrons. The lowest BCUT2D eigenvalue weighted by atomic mass is 10.2. The summed E-state index contributed by atoms with van der Waals surface area (Å²) in [6.45, 7) is 1.61. The van der Waals surface area contributed by atoms with Crippen molar-refractivity contribution in [1.29, 1.82) is 0 Å². The minimum atomic E-state index is -4.38. The molecule has 0 spiro atoms. The molecule has 0 unspecified atom stereocenters. The Kier molecular flexibility index (Phi) is 6.11. The second kappa shape index (κ2) is 8.11. The van der Waals surface area contributed by atoms with Crippen LogP contribution in [-0.2, 0) is 20.0 Å². The molecule has 2 N–H and O–H groups in total. The summed E-state index contributed by atoms with van der Waals surface area (Å²) in [5, 5.41) is 1.56. The number of sulfonamides is 2. The van der Waals surface area contributed by atoms with Crippen molar-refractivity contribution in [1.82, 2.24) is 0 Å². The highest BCUT2D eigenvalue weighted by molar-refractivity contribution is 7.94. The molecule has 0 aliphatic rings. The number of anilines is 2. The molecule has 0 bridgehead atoms. The third-order valence-electron chi connectivity index (χ3n) is 3.69. The standard InChI is InChI=1S/C17H13Cl2FN2O4S3/c1-10-4-5-16(13(20)7-10)28(23,24)21-14-8-11(18)12(19)9-15(14)22-29(25,26)17-3-2-6-27-17/h2-9,21-22H,1H3. The topological polar surface area (TPSA) is 92.3 Å². The predicted molar refractivity (Wildman–Crippen MR) is 114 cm³/mol. The highest BCUT2D eigenvalue weighted by atomic mass is 35.5. The number of hydrogen-bond donors (Lipinski definition) is 2. The van der Waals surface area contributed by atoms with E-state index in [1.807, 2.05) is 0 Å². The van der Waals surface area contributed by atoms with Gasteiger partial charge in [-0.25, -0.2) is 21.2 Å². The molecular weight excluding hydrogens is 482 g/mol. The molecule has 0 atom stereocenters. The summed E-state index contributed by atoms with van der Waals surface area (Å²) in [7, 11) is -8.38. The van der Waals surface area contributed by atoms with E-state index in [1.54, 1.807) is 18.4 Å². The van der Waals surface area contributed by atoms with Crippen molar-refractivity contribution >= 4 is 66.0 Å². The second-order valence-corrected chi connectivity index (χ2v) is 11.2. The van der Waals surface area contributed by atoms with E-state index in [0.717, 1.165) is 29.5 Å². The zero-order valence-corrected chi connectivity index (χ0v) is 18.6. The van der Waals surface area contributed by atoms with Crippen LogP contribution >= 0.6 is 34.5 Å². The van der Waals surface area contributed by atoms with Crippen LogP contribution < -0.4 is 9.44 Å². The van der Waals surface area contributed by atoms with E-state index in [1.165, 1.54) is 18.2 Å². The summed E-state index contributed by atoms with van der Waals surface area (Å²) >= 11 is 12.9. The van der Waals surface area contributed by atoms with E-state index in [0.29, 0.717) is 5.56 Å². The Balaban J connectivity index is 2.04. The SMILES string of the molecule is Cc1ccc(S(=O)(=O)Nc2cc(Cl)c(Cl)cc2NS(=O)(=O)c2cccs2)c(F)c1. The summed E-state index contributed by atoms with van der Waals surface area (Å²) < 4.78 is 69.0. The Morgan fingerprint density at radius 1 is 0.897 bits per heavy atom. The molecule has 0 amide bonds. The van der Waals surface area contributed by atoms with Gasteiger partial charge < -0.3 is 0 Å². The highest BCUT2D eigenvalue weighted by Crippen LogP contribution is 2.35. The quantitative estimate of drug-likeness (QED) is 0.498. The van der Waals surface area contributed by atoms with Gasteiger partial charge in [0.15, 0.2) is 0 Å². The molecule has 0 saturated carbocycles. The number of rotatable bonds is 6. The maximum absolute atomic E-state index is 14.2. The third-order valence-corrected chi connectivity index (χ3v) is 8.57. The Bertz CT molecular complexity index is 1280. The Morgan fingerprint density at radius 2 is 1.48 bits per heavy atom. The Hall–Kier alpha value is -1.85. The lowest BCUT2D eigenvalue weighted by molar-refractivity contribution is 0.569. The van der Waals surface area contributed by atoms with Crippen LogP contribution in [-0.4, -0.2) is 16.8 Å². The molecule has 12 heteroatoms. The number of benzene rings is 2. The average molecular weight is 495 g/mol. The molecular formula is C17H13Cl2FN2O4S3. The van der Waals surface area contributed by atoms with Gasteiger partial charge in [0.1, 0.15) is 14.9 Å². The van der Waals surface area contributed by atoms with Crippen LogP contribution in [0.2, 0.25) is 10.0 Å². The van der Waals surface area contributed by atoms with Crippen molar-refractivity contribution in [2.75, 3.05) is 9.44 Å². The zero-order chi connectivity index (χ0) is 21.4.